The number of fused-ring (bicyclic) bond motifs is 2. The first-order chi connectivity index (χ1) is 10.4. The molecule has 0 saturated carbocycles. The Hall–Kier alpha value is -2.04. The van der Waals surface area contributed by atoms with Gasteiger partial charge < -0.3 is 14.8 Å². The fourth-order valence-electron chi connectivity index (χ4n) is 2.82. The van der Waals surface area contributed by atoms with Crippen LogP contribution in [0.2, 0.25) is 0 Å². The molecule has 0 aliphatic carbocycles. The molecule has 3 aromatic rings. The smallest absolute Gasteiger partial charge is 0.231 e. The highest BCUT2D eigenvalue weighted by Crippen LogP contribution is 2.38. The second-order valence-corrected chi connectivity index (χ2v) is 5.93. The molecule has 1 aliphatic rings. The third-order valence-corrected chi connectivity index (χ3v) is 4.82. The van der Waals surface area contributed by atoms with Crippen LogP contribution in [-0.2, 0) is 0 Å². The average molecular weight is 297 g/mol. The number of thiophene rings is 1. The Balaban J connectivity index is 1.81. The number of ether oxygens (including phenoxy) is 2. The van der Waals surface area contributed by atoms with Crippen LogP contribution in [0.4, 0.5) is 0 Å². The van der Waals surface area contributed by atoms with E-state index in [1.54, 1.807) is 11.3 Å². The molecular weight excluding hydrogens is 282 g/mol. The van der Waals surface area contributed by atoms with Crippen LogP contribution in [0, 0.1) is 0 Å². The van der Waals surface area contributed by atoms with Gasteiger partial charge in [0.1, 0.15) is 0 Å². The summed E-state index contributed by atoms with van der Waals surface area (Å²) >= 11 is 1.78. The molecule has 1 atom stereocenters. The van der Waals surface area contributed by atoms with E-state index in [9.17, 15) is 0 Å². The summed E-state index contributed by atoms with van der Waals surface area (Å²) < 4.78 is 12.2. The summed E-state index contributed by atoms with van der Waals surface area (Å²) in [6.07, 6.45) is 0. The molecule has 2 aromatic carbocycles. The Bertz CT molecular complexity index is 796. The van der Waals surface area contributed by atoms with Crippen molar-refractivity contribution in [3.05, 3.63) is 59.0 Å². The molecule has 3 nitrogen and oxygen atoms in total. The highest BCUT2D eigenvalue weighted by Gasteiger charge is 2.20. The van der Waals surface area contributed by atoms with E-state index in [-0.39, 0.29) is 6.04 Å². The number of hydrogen-bond donors (Lipinski definition) is 1. The van der Waals surface area contributed by atoms with Crippen molar-refractivity contribution in [2.24, 2.45) is 0 Å². The van der Waals surface area contributed by atoms with E-state index in [0.717, 1.165) is 11.5 Å². The molecule has 0 spiro atoms. The van der Waals surface area contributed by atoms with Crippen LogP contribution in [0.15, 0.2) is 47.8 Å². The van der Waals surface area contributed by atoms with Crippen molar-refractivity contribution in [2.45, 2.75) is 6.04 Å². The van der Waals surface area contributed by atoms with Gasteiger partial charge in [-0.2, -0.15) is 0 Å². The molecule has 1 unspecified atom stereocenters. The Kier molecular flexibility index (Phi) is 3.05. The zero-order valence-electron chi connectivity index (χ0n) is 11.6. The third kappa shape index (κ3) is 2.07. The lowest BCUT2D eigenvalue weighted by atomic mass is 9.98. The molecule has 0 amide bonds. The third-order valence-electron chi connectivity index (χ3n) is 3.84. The minimum Gasteiger partial charge on any atom is -0.454 e. The van der Waals surface area contributed by atoms with Crippen molar-refractivity contribution < 1.29 is 9.47 Å². The van der Waals surface area contributed by atoms with Gasteiger partial charge in [-0.05, 0) is 47.1 Å². The van der Waals surface area contributed by atoms with Crippen molar-refractivity contribution in [3.63, 3.8) is 0 Å². The van der Waals surface area contributed by atoms with Crippen molar-refractivity contribution in [1.29, 1.82) is 0 Å². The summed E-state index contributed by atoms with van der Waals surface area (Å²) in [6, 6.07) is 14.8. The lowest BCUT2D eigenvalue weighted by Crippen LogP contribution is -2.17. The number of nitrogens with one attached hydrogen (secondary N) is 1. The van der Waals surface area contributed by atoms with E-state index in [0.29, 0.717) is 6.79 Å². The van der Waals surface area contributed by atoms with Crippen molar-refractivity contribution in [2.75, 3.05) is 13.8 Å². The van der Waals surface area contributed by atoms with Gasteiger partial charge in [0.25, 0.3) is 0 Å². The lowest BCUT2D eigenvalue weighted by Gasteiger charge is -2.17. The molecule has 1 N–H and O–H groups in total. The van der Waals surface area contributed by atoms with Gasteiger partial charge in [0.2, 0.25) is 6.79 Å². The van der Waals surface area contributed by atoms with Gasteiger partial charge in [-0.3, -0.25) is 0 Å². The van der Waals surface area contributed by atoms with Crippen LogP contribution >= 0.6 is 11.3 Å². The molecule has 4 heteroatoms. The van der Waals surface area contributed by atoms with Gasteiger partial charge in [0.15, 0.2) is 11.5 Å². The first-order valence-electron chi connectivity index (χ1n) is 6.90. The van der Waals surface area contributed by atoms with Crippen LogP contribution in [-0.4, -0.2) is 13.8 Å². The standard InChI is InChI=1S/C17H15NO2S/c1-18-17(11-6-7-14-15(8-11)20-10-19-14)13-9-21-16-5-3-2-4-12(13)16/h2-9,17-18H,10H2,1H3. The Morgan fingerprint density at radius 3 is 2.86 bits per heavy atom. The van der Waals surface area contributed by atoms with E-state index in [4.69, 9.17) is 9.47 Å². The highest BCUT2D eigenvalue weighted by molar-refractivity contribution is 7.17. The van der Waals surface area contributed by atoms with Crippen LogP contribution in [0.3, 0.4) is 0 Å². The molecule has 4 rings (SSSR count). The zero-order valence-corrected chi connectivity index (χ0v) is 12.4. The van der Waals surface area contributed by atoms with Crippen molar-refractivity contribution in [3.8, 4) is 11.5 Å². The average Bonchev–Trinajstić information content (AvgIpc) is 3.15. The maximum Gasteiger partial charge on any atom is 0.231 e. The van der Waals surface area contributed by atoms with Crippen molar-refractivity contribution >= 4 is 21.4 Å². The summed E-state index contributed by atoms with van der Waals surface area (Å²) in [5.74, 6) is 1.65. The van der Waals surface area contributed by atoms with Gasteiger partial charge in [-0.25, -0.2) is 0 Å². The summed E-state index contributed by atoms with van der Waals surface area (Å²) in [5.41, 5.74) is 2.49. The van der Waals surface area contributed by atoms with Crippen molar-refractivity contribution in [1.82, 2.24) is 5.32 Å². The molecular formula is C17H15NO2S. The van der Waals surface area contributed by atoms with Crippen LogP contribution < -0.4 is 14.8 Å². The first-order valence-corrected chi connectivity index (χ1v) is 7.78. The second-order valence-electron chi connectivity index (χ2n) is 5.02. The quantitative estimate of drug-likeness (QED) is 0.794. The Labute approximate surface area is 127 Å². The molecule has 2 heterocycles. The van der Waals surface area contributed by atoms with Gasteiger partial charge in [-0.15, -0.1) is 11.3 Å². The minimum atomic E-state index is 0.149. The predicted molar refractivity (Wildman–Crippen MR) is 85.3 cm³/mol. The van der Waals surface area contributed by atoms with E-state index in [1.165, 1.54) is 21.2 Å². The molecule has 1 aromatic heterocycles. The van der Waals surface area contributed by atoms with Gasteiger partial charge >= 0.3 is 0 Å². The highest BCUT2D eigenvalue weighted by atomic mass is 32.1. The molecule has 0 saturated heterocycles. The van der Waals surface area contributed by atoms with E-state index < -0.39 is 0 Å². The first kappa shape index (κ1) is 12.7. The number of benzene rings is 2. The normalized spacial score (nSPS) is 14.5. The SMILES string of the molecule is CNC(c1ccc2c(c1)OCO2)c1csc2ccccc12. The molecule has 1 aliphatic heterocycles. The van der Waals surface area contributed by atoms with Gasteiger partial charge in [-0.1, -0.05) is 24.3 Å². The maximum absolute atomic E-state index is 5.49. The van der Waals surface area contributed by atoms with Crippen LogP contribution in [0.25, 0.3) is 10.1 Å². The fourth-order valence-corrected chi connectivity index (χ4v) is 3.80. The van der Waals surface area contributed by atoms with Crippen LogP contribution in [0.1, 0.15) is 17.2 Å². The minimum absolute atomic E-state index is 0.149. The molecule has 21 heavy (non-hydrogen) atoms. The summed E-state index contributed by atoms with van der Waals surface area (Å²) in [7, 11) is 1.99. The monoisotopic (exact) mass is 297 g/mol. The lowest BCUT2D eigenvalue weighted by molar-refractivity contribution is 0.174. The number of hydrogen-bond acceptors (Lipinski definition) is 4. The van der Waals surface area contributed by atoms with Gasteiger partial charge in [0.05, 0.1) is 6.04 Å². The Morgan fingerprint density at radius 2 is 1.95 bits per heavy atom. The molecule has 0 radical (unpaired) electrons. The maximum atomic E-state index is 5.49. The summed E-state index contributed by atoms with van der Waals surface area (Å²) in [5, 5.41) is 6.95. The molecule has 0 fully saturated rings. The van der Waals surface area contributed by atoms with E-state index >= 15 is 0 Å². The topological polar surface area (TPSA) is 30.5 Å². The summed E-state index contributed by atoms with van der Waals surface area (Å²) in [6.45, 7) is 0.310. The molecule has 0 bridgehead atoms. The zero-order chi connectivity index (χ0) is 14.2. The predicted octanol–water partition coefficient (Wildman–Crippen LogP) is 3.94. The summed E-state index contributed by atoms with van der Waals surface area (Å²) in [4.78, 5) is 0. The molecule has 106 valence electrons. The Morgan fingerprint density at radius 1 is 1.10 bits per heavy atom. The van der Waals surface area contributed by atoms with E-state index in [2.05, 4.69) is 47.1 Å². The fraction of sp³-hybridized carbons (Fsp3) is 0.176. The van der Waals surface area contributed by atoms with Gasteiger partial charge in [0, 0.05) is 4.70 Å². The number of rotatable bonds is 3. The second kappa shape index (κ2) is 5.06. The largest absolute Gasteiger partial charge is 0.454 e. The van der Waals surface area contributed by atoms with Crippen LogP contribution in [0.5, 0.6) is 11.5 Å². The van der Waals surface area contributed by atoms with E-state index in [1.807, 2.05) is 13.1 Å².